The fraction of sp³-hybridized carbons (Fsp3) is 0.533. The van der Waals surface area contributed by atoms with Gasteiger partial charge < -0.3 is 4.74 Å². The van der Waals surface area contributed by atoms with E-state index in [2.05, 4.69) is 11.4 Å². The third-order valence-corrected chi connectivity index (χ3v) is 3.29. The SMILES string of the molecule is Cc1ccc(F)c(OCCC(C)(C#N)NC2CC2)c1. The summed E-state index contributed by atoms with van der Waals surface area (Å²) in [6.07, 6.45) is 2.79. The second kappa shape index (κ2) is 5.58. The fourth-order valence-electron chi connectivity index (χ4n) is 1.92. The first-order chi connectivity index (χ1) is 9.02. The molecule has 1 saturated carbocycles. The summed E-state index contributed by atoms with van der Waals surface area (Å²) in [6, 6.07) is 7.51. The van der Waals surface area contributed by atoms with Gasteiger partial charge in [-0.15, -0.1) is 0 Å². The molecule has 0 saturated heterocycles. The first kappa shape index (κ1) is 13.8. The number of nitrogens with one attached hydrogen (secondary N) is 1. The zero-order valence-electron chi connectivity index (χ0n) is 11.4. The highest BCUT2D eigenvalue weighted by atomic mass is 19.1. The molecule has 1 aliphatic carbocycles. The normalized spacial score (nSPS) is 17.6. The fourth-order valence-corrected chi connectivity index (χ4v) is 1.92. The Hall–Kier alpha value is -1.60. The number of halogens is 1. The van der Waals surface area contributed by atoms with Crippen molar-refractivity contribution in [2.45, 2.75) is 44.7 Å². The van der Waals surface area contributed by atoms with Gasteiger partial charge in [0.05, 0.1) is 12.7 Å². The van der Waals surface area contributed by atoms with Gasteiger partial charge >= 0.3 is 0 Å². The third kappa shape index (κ3) is 3.93. The third-order valence-electron chi connectivity index (χ3n) is 3.29. The predicted octanol–water partition coefficient (Wildman–Crippen LogP) is 2.94. The van der Waals surface area contributed by atoms with Crippen molar-refractivity contribution in [3.8, 4) is 11.8 Å². The van der Waals surface area contributed by atoms with Crippen LogP contribution >= 0.6 is 0 Å². The summed E-state index contributed by atoms with van der Waals surface area (Å²) in [5.41, 5.74) is 0.358. The second-order valence-electron chi connectivity index (χ2n) is 5.39. The lowest BCUT2D eigenvalue weighted by molar-refractivity contribution is 0.256. The zero-order chi connectivity index (χ0) is 13.9. The van der Waals surface area contributed by atoms with Gasteiger partial charge in [-0.05, 0) is 44.4 Å². The second-order valence-corrected chi connectivity index (χ2v) is 5.39. The highest BCUT2D eigenvalue weighted by Gasteiger charge is 2.32. The summed E-state index contributed by atoms with van der Waals surface area (Å²) in [5, 5.41) is 12.5. The Morgan fingerprint density at radius 2 is 2.26 bits per heavy atom. The van der Waals surface area contributed by atoms with Crippen LogP contribution in [0.1, 0.15) is 31.7 Å². The Morgan fingerprint density at radius 1 is 1.53 bits per heavy atom. The van der Waals surface area contributed by atoms with E-state index in [4.69, 9.17) is 4.74 Å². The average Bonchev–Trinajstić information content (AvgIpc) is 3.17. The van der Waals surface area contributed by atoms with Crippen molar-refractivity contribution in [3.63, 3.8) is 0 Å². The van der Waals surface area contributed by atoms with Gasteiger partial charge in [-0.1, -0.05) is 6.07 Å². The Balaban J connectivity index is 1.88. The van der Waals surface area contributed by atoms with Crippen molar-refractivity contribution in [1.82, 2.24) is 5.32 Å². The minimum atomic E-state index is -0.596. The number of hydrogen-bond acceptors (Lipinski definition) is 3. The number of hydrogen-bond donors (Lipinski definition) is 1. The molecule has 2 rings (SSSR count). The van der Waals surface area contributed by atoms with E-state index in [9.17, 15) is 9.65 Å². The van der Waals surface area contributed by atoms with E-state index in [0.29, 0.717) is 19.1 Å². The Kier molecular flexibility index (Phi) is 4.06. The molecule has 0 heterocycles. The predicted molar refractivity (Wildman–Crippen MR) is 71.4 cm³/mol. The summed E-state index contributed by atoms with van der Waals surface area (Å²) < 4.78 is 18.9. The van der Waals surface area contributed by atoms with Crippen LogP contribution in [-0.4, -0.2) is 18.2 Å². The molecule has 102 valence electrons. The molecular formula is C15H19FN2O. The van der Waals surface area contributed by atoms with Gasteiger partial charge in [0.15, 0.2) is 11.6 Å². The molecule has 0 amide bonds. The lowest BCUT2D eigenvalue weighted by atomic mass is 10.0. The maximum Gasteiger partial charge on any atom is 0.165 e. The first-order valence-corrected chi connectivity index (χ1v) is 6.60. The molecule has 1 N–H and O–H groups in total. The van der Waals surface area contributed by atoms with Crippen LogP contribution in [0.4, 0.5) is 4.39 Å². The highest BCUT2D eigenvalue weighted by molar-refractivity contribution is 5.29. The quantitative estimate of drug-likeness (QED) is 0.857. The van der Waals surface area contributed by atoms with Crippen molar-refractivity contribution in [2.24, 2.45) is 0 Å². The molecule has 1 aromatic carbocycles. The highest BCUT2D eigenvalue weighted by Crippen LogP contribution is 2.24. The molecule has 1 unspecified atom stereocenters. The van der Waals surface area contributed by atoms with Crippen LogP contribution in [0.15, 0.2) is 18.2 Å². The van der Waals surface area contributed by atoms with Crippen molar-refractivity contribution >= 4 is 0 Å². The number of nitrogens with zero attached hydrogens (tertiary/aromatic N) is 1. The number of benzene rings is 1. The molecule has 19 heavy (non-hydrogen) atoms. The zero-order valence-corrected chi connectivity index (χ0v) is 11.4. The van der Waals surface area contributed by atoms with Crippen molar-refractivity contribution in [3.05, 3.63) is 29.6 Å². The molecule has 1 atom stereocenters. The molecule has 3 nitrogen and oxygen atoms in total. The molecular weight excluding hydrogens is 243 g/mol. The summed E-state index contributed by atoms with van der Waals surface area (Å²) in [7, 11) is 0. The van der Waals surface area contributed by atoms with E-state index in [-0.39, 0.29) is 11.6 Å². The van der Waals surface area contributed by atoms with Crippen LogP contribution in [0.3, 0.4) is 0 Å². The van der Waals surface area contributed by atoms with Crippen LogP contribution in [-0.2, 0) is 0 Å². The Labute approximate surface area is 113 Å². The van der Waals surface area contributed by atoms with Gasteiger partial charge in [0.2, 0.25) is 0 Å². The average molecular weight is 262 g/mol. The van der Waals surface area contributed by atoms with Crippen molar-refractivity contribution < 1.29 is 9.13 Å². The molecule has 0 aliphatic heterocycles. The molecule has 1 aliphatic rings. The minimum absolute atomic E-state index is 0.256. The van der Waals surface area contributed by atoms with Gasteiger partial charge in [-0.3, -0.25) is 5.32 Å². The molecule has 0 bridgehead atoms. The van der Waals surface area contributed by atoms with Crippen molar-refractivity contribution in [2.75, 3.05) is 6.61 Å². The summed E-state index contributed by atoms with van der Waals surface area (Å²) in [5.74, 6) is -0.105. The number of ether oxygens (including phenoxy) is 1. The van der Waals surface area contributed by atoms with Gasteiger partial charge in [0.25, 0.3) is 0 Å². The lowest BCUT2D eigenvalue weighted by Crippen LogP contribution is -2.43. The van der Waals surface area contributed by atoms with Gasteiger partial charge in [-0.25, -0.2) is 4.39 Å². The number of aryl methyl sites for hydroxylation is 1. The van der Waals surface area contributed by atoms with Crippen LogP contribution in [0, 0.1) is 24.1 Å². The standard InChI is InChI=1S/C15H19FN2O/c1-11-3-6-13(16)14(9-11)19-8-7-15(2,10-17)18-12-4-5-12/h3,6,9,12,18H,4-5,7-8H2,1-2H3. The van der Waals surface area contributed by atoms with Crippen molar-refractivity contribution in [1.29, 1.82) is 5.26 Å². The Morgan fingerprint density at radius 3 is 2.89 bits per heavy atom. The number of rotatable bonds is 6. The summed E-state index contributed by atoms with van der Waals surface area (Å²) >= 11 is 0. The minimum Gasteiger partial charge on any atom is -0.490 e. The van der Waals surface area contributed by atoms with Gasteiger partial charge in [-0.2, -0.15) is 5.26 Å². The van der Waals surface area contributed by atoms with Crippen LogP contribution < -0.4 is 10.1 Å². The van der Waals surface area contributed by atoms with E-state index in [1.807, 2.05) is 13.8 Å². The Bertz CT molecular complexity index is 493. The van der Waals surface area contributed by atoms with E-state index in [1.54, 1.807) is 12.1 Å². The smallest absolute Gasteiger partial charge is 0.165 e. The topological polar surface area (TPSA) is 45.0 Å². The molecule has 0 aromatic heterocycles. The number of nitriles is 1. The van der Waals surface area contributed by atoms with E-state index in [0.717, 1.165) is 18.4 Å². The molecule has 0 radical (unpaired) electrons. The van der Waals surface area contributed by atoms with E-state index < -0.39 is 5.54 Å². The van der Waals surface area contributed by atoms with E-state index >= 15 is 0 Å². The van der Waals surface area contributed by atoms with Gasteiger partial charge in [0, 0.05) is 12.5 Å². The largest absolute Gasteiger partial charge is 0.490 e. The summed E-state index contributed by atoms with van der Waals surface area (Å²) in [4.78, 5) is 0. The van der Waals surface area contributed by atoms with Crippen LogP contribution in [0.5, 0.6) is 5.75 Å². The molecule has 1 aromatic rings. The van der Waals surface area contributed by atoms with Gasteiger partial charge in [0.1, 0.15) is 5.54 Å². The summed E-state index contributed by atoms with van der Waals surface area (Å²) in [6.45, 7) is 4.08. The van der Waals surface area contributed by atoms with Crippen LogP contribution in [0.2, 0.25) is 0 Å². The lowest BCUT2D eigenvalue weighted by Gasteiger charge is -2.23. The molecule has 1 fully saturated rings. The maximum absolute atomic E-state index is 13.5. The first-order valence-electron chi connectivity index (χ1n) is 6.60. The molecule has 4 heteroatoms. The van der Waals surface area contributed by atoms with E-state index in [1.165, 1.54) is 6.07 Å². The van der Waals surface area contributed by atoms with Crippen LogP contribution in [0.25, 0.3) is 0 Å². The maximum atomic E-state index is 13.5. The molecule has 0 spiro atoms. The monoisotopic (exact) mass is 262 g/mol.